The van der Waals surface area contributed by atoms with E-state index < -0.39 is 0 Å². The van der Waals surface area contributed by atoms with Crippen molar-refractivity contribution in [1.29, 1.82) is 0 Å². The minimum absolute atomic E-state index is 0.0276. The maximum absolute atomic E-state index is 12.6. The van der Waals surface area contributed by atoms with Crippen LogP contribution < -0.4 is 4.74 Å². The van der Waals surface area contributed by atoms with E-state index in [0.717, 1.165) is 24.8 Å². The molecule has 1 saturated heterocycles. The van der Waals surface area contributed by atoms with Crippen LogP contribution >= 0.6 is 0 Å². The average Bonchev–Trinajstić information content (AvgIpc) is 2.46. The monoisotopic (exact) mass is 263 g/mol. The predicted molar refractivity (Wildman–Crippen MR) is 73.5 cm³/mol. The molecule has 0 aliphatic carbocycles. The van der Waals surface area contributed by atoms with Crippen LogP contribution in [0.4, 0.5) is 0 Å². The summed E-state index contributed by atoms with van der Waals surface area (Å²) in [7, 11) is 1.57. The van der Waals surface area contributed by atoms with Crippen molar-refractivity contribution in [2.24, 2.45) is 0 Å². The number of piperidine rings is 1. The number of carbonyl (C=O) groups excluding carboxylic acids is 1. The van der Waals surface area contributed by atoms with Gasteiger partial charge in [0.1, 0.15) is 5.75 Å². The lowest BCUT2D eigenvalue weighted by Crippen LogP contribution is -2.45. The van der Waals surface area contributed by atoms with Gasteiger partial charge in [-0.25, -0.2) is 0 Å². The molecule has 1 aliphatic rings. The number of aryl methyl sites for hydroxylation is 1. The van der Waals surface area contributed by atoms with E-state index in [2.05, 4.69) is 0 Å². The molecule has 1 unspecified atom stereocenters. The smallest absolute Gasteiger partial charge is 0.257 e. The number of amides is 1. The second kappa shape index (κ2) is 6.06. The number of carbonyl (C=O) groups is 1. The van der Waals surface area contributed by atoms with Crippen molar-refractivity contribution in [3.63, 3.8) is 0 Å². The van der Waals surface area contributed by atoms with Gasteiger partial charge in [0.2, 0.25) is 0 Å². The molecule has 19 heavy (non-hydrogen) atoms. The van der Waals surface area contributed by atoms with Gasteiger partial charge in [-0.1, -0.05) is 11.6 Å². The fraction of sp³-hybridized carbons (Fsp3) is 0.533. The number of nitrogens with zero attached hydrogens (tertiary/aromatic N) is 1. The van der Waals surface area contributed by atoms with Crippen LogP contribution in [0.15, 0.2) is 18.2 Å². The number of methoxy groups -OCH3 is 1. The van der Waals surface area contributed by atoms with Crippen molar-refractivity contribution in [2.45, 2.75) is 32.2 Å². The Kier molecular flexibility index (Phi) is 4.43. The molecular formula is C15H21NO3. The Labute approximate surface area is 114 Å². The number of hydrogen-bond acceptors (Lipinski definition) is 3. The standard InChI is InChI=1S/C15H21NO3/c1-11-6-7-14(19-2)13(9-11)15(18)16-8-4-3-5-12(16)10-17/h6-7,9,12,17H,3-5,8,10H2,1-2H3. The van der Waals surface area contributed by atoms with Crippen LogP contribution in [0.5, 0.6) is 5.75 Å². The highest BCUT2D eigenvalue weighted by molar-refractivity contribution is 5.97. The third-order valence-electron chi connectivity index (χ3n) is 3.68. The minimum atomic E-state index is -0.0635. The highest BCUT2D eigenvalue weighted by Crippen LogP contribution is 2.25. The molecule has 0 aromatic heterocycles. The van der Waals surface area contributed by atoms with Gasteiger partial charge >= 0.3 is 0 Å². The Morgan fingerprint density at radius 1 is 1.47 bits per heavy atom. The second-order valence-electron chi connectivity index (χ2n) is 5.03. The number of hydrogen-bond donors (Lipinski definition) is 1. The molecule has 0 bridgehead atoms. The molecule has 1 aromatic carbocycles. The van der Waals surface area contributed by atoms with Crippen molar-refractivity contribution >= 4 is 5.91 Å². The number of likely N-dealkylation sites (tertiary alicyclic amines) is 1. The molecule has 2 rings (SSSR count). The molecule has 0 saturated carbocycles. The Balaban J connectivity index is 2.29. The molecule has 1 N–H and O–H groups in total. The highest BCUT2D eigenvalue weighted by Gasteiger charge is 2.28. The summed E-state index contributed by atoms with van der Waals surface area (Å²) in [6, 6.07) is 5.53. The van der Waals surface area contributed by atoms with Gasteiger partial charge < -0.3 is 14.7 Å². The van der Waals surface area contributed by atoms with Crippen LogP contribution in [-0.2, 0) is 0 Å². The van der Waals surface area contributed by atoms with Crippen LogP contribution in [0.1, 0.15) is 35.2 Å². The third-order valence-corrected chi connectivity index (χ3v) is 3.68. The molecule has 1 heterocycles. The summed E-state index contributed by atoms with van der Waals surface area (Å²) in [5.74, 6) is 0.553. The summed E-state index contributed by atoms with van der Waals surface area (Å²) in [6.45, 7) is 2.69. The Hall–Kier alpha value is -1.55. The Morgan fingerprint density at radius 2 is 2.26 bits per heavy atom. The Morgan fingerprint density at radius 3 is 2.95 bits per heavy atom. The summed E-state index contributed by atoms with van der Waals surface area (Å²) in [5.41, 5.74) is 1.62. The maximum atomic E-state index is 12.6. The molecule has 4 heteroatoms. The van der Waals surface area contributed by atoms with Gasteiger partial charge in [0.25, 0.3) is 5.91 Å². The molecule has 1 atom stereocenters. The van der Waals surface area contributed by atoms with E-state index >= 15 is 0 Å². The van der Waals surface area contributed by atoms with Gasteiger partial charge in [0.15, 0.2) is 0 Å². The molecular weight excluding hydrogens is 242 g/mol. The zero-order valence-corrected chi connectivity index (χ0v) is 11.6. The molecule has 1 amide bonds. The fourth-order valence-electron chi connectivity index (χ4n) is 2.60. The SMILES string of the molecule is COc1ccc(C)cc1C(=O)N1CCCCC1CO. The quantitative estimate of drug-likeness (QED) is 0.907. The van der Waals surface area contributed by atoms with Gasteiger partial charge in [0, 0.05) is 6.54 Å². The van der Waals surface area contributed by atoms with Crippen molar-refractivity contribution in [1.82, 2.24) is 4.90 Å². The lowest BCUT2D eigenvalue weighted by Gasteiger charge is -2.35. The van der Waals surface area contributed by atoms with E-state index in [1.165, 1.54) is 0 Å². The topological polar surface area (TPSA) is 49.8 Å². The van der Waals surface area contributed by atoms with E-state index in [4.69, 9.17) is 4.74 Å². The largest absolute Gasteiger partial charge is 0.496 e. The van der Waals surface area contributed by atoms with E-state index in [1.807, 2.05) is 25.1 Å². The predicted octanol–water partition coefficient (Wildman–Crippen LogP) is 1.99. The summed E-state index contributed by atoms with van der Waals surface area (Å²) in [6.07, 6.45) is 2.94. The van der Waals surface area contributed by atoms with E-state index in [0.29, 0.717) is 17.9 Å². The molecule has 0 radical (unpaired) electrons. The van der Waals surface area contributed by atoms with Crippen LogP contribution in [-0.4, -0.2) is 42.2 Å². The zero-order chi connectivity index (χ0) is 13.8. The first-order chi connectivity index (χ1) is 9.17. The van der Waals surface area contributed by atoms with Crippen molar-refractivity contribution in [3.8, 4) is 5.75 Å². The van der Waals surface area contributed by atoms with Gasteiger partial charge in [-0.3, -0.25) is 4.79 Å². The first-order valence-electron chi connectivity index (χ1n) is 6.74. The van der Waals surface area contributed by atoms with Crippen molar-refractivity contribution < 1.29 is 14.6 Å². The van der Waals surface area contributed by atoms with Crippen LogP contribution in [0.25, 0.3) is 0 Å². The normalized spacial score (nSPS) is 19.3. The van der Waals surface area contributed by atoms with Gasteiger partial charge in [-0.05, 0) is 38.3 Å². The molecule has 1 aliphatic heterocycles. The molecule has 4 nitrogen and oxygen atoms in total. The summed E-state index contributed by atoms with van der Waals surface area (Å²) in [4.78, 5) is 14.4. The van der Waals surface area contributed by atoms with E-state index in [9.17, 15) is 9.90 Å². The molecule has 104 valence electrons. The lowest BCUT2D eigenvalue weighted by molar-refractivity contribution is 0.0500. The summed E-state index contributed by atoms with van der Waals surface area (Å²) >= 11 is 0. The molecule has 1 fully saturated rings. The van der Waals surface area contributed by atoms with Gasteiger partial charge in [-0.15, -0.1) is 0 Å². The lowest BCUT2D eigenvalue weighted by atomic mass is 10.0. The minimum Gasteiger partial charge on any atom is -0.496 e. The number of benzene rings is 1. The van der Waals surface area contributed by atoms with E-state index in [-0.39, 0.29) is 18.6 Å². The van der Waals surface area contributed by atoms with Crippen LogP contribution in [0.2, 0.25) is 0 Å². The third kappa shape index (κ3) is 2.89. The van der Waals surface area contributed by atoms with Gasteiger partial charge in [-0.2, -0.15) is 0 Å². The number of rotatable bonds is 3. The van der Waals surface area contributed by atoms with Crippen molar-refractivity contribution in [3.05, 3.63) is 29.3 Å². The second-order valence-corrected chi connectivity index (χ2v) is 5.03. The van der Waals surface area contributed by atoms with Crippen LogP contribution in [0.3, 0.4) is 0 Å². The Bertz CT molecular complexity index is 459. The first kappa shape index (κ1) is 13.9. The first-order valence-corrected chi connectivity index (χ1v) is 6.74. The number of aliphatic hydroxyl groups excluding tert-OH is 1. The van der Waals surface area contributed by atoms with Gasteiger partial charge in [0.05, 0.1) is 25.3 Å². The zero-order valence-electron chi connectivity index (χ0n) is 11.6. The fourth-order valence-corrected chi connectivity index (χ4v) is 2.60. The number of ether oxygens (including phenoxy) is 1. The molecule has 1 aromatic rings. The van der Waals surface area contributed by atoms with E-state index in [1.54, 1.807) is 12.0 Å². The number of aliphatic hydroxyl groups is 1. The molecule has 0 spiro atoms. The summed E-state index contributed by atoms with van der Waals surface area (Å²) in [5, 5.41) is 9.41. The van der Waals surface area contributed by atoms with Crippen LogP contribution in [0, 0.1) is 6.92 Å². The average molecular weight is 263 g/mol. The maximum Gasteiger partial charge on any atom is 0.257 e. The summed E-state index contributed by atoms with van der Waals surface area (Å²) < 4.78 is 5.27. The van der Waals surface area contributed by atoms with Crippen molar-refractivity contribution in [2.75, 3.05) is 20.3 Å². The highest BCUT2D eigenvalue weighted by atomic mass is 16.5.